The lowest BCUT2D eigenvalue weighted by Crippen LogP contribution is -1.92. The summed E-state index contributed by atoms with van der Waals surface area (Å²) >= 11 is 0. The molecule has 0 aliphatic rings. The first-order chi connectivity index (χ1) is 8.84. The quantitative estimate of drug-likeness (QED) is 0.661. The molecule has 18 heavy (non-hydrogen) atoms. The van der Waals surface area contributed by atoms with Gasteiger partial charge >= 0.3 is 0 Å². The van der Waals surface area contributed by atoms with Crippen molar-refractivity contribution in [3.63, 3.8) is 0 Å². The summed E-state index contributed by atoms with van der Waals surface area (Å²) in [5.41, 5.74) is 1.25. The van der Waals surface area contributed by atoms with E-state index in [4.69, 9.17) is 8.83 Å². The van der Waals surface area contributed by atoms with Gasteiger partial charge in [0.15, 0.2) is 11.5 Å². The molecule has 2 heteroatoms. The molecule has 3 rings (SSSR count). The summed E-state index contributed by atoms with van der Waals surface area (Å²) in [6, 6.07) is 18.0. The normalized spacial score (nSPS) is 12.5. The second kappa shape index (κ2) is 4.57. The third-order valence-electron chi connectivity index (χ3n) is 3.12. The Balaban J connectivity index is 1.90. The molecule has 2 heterocycles. The van der Waals surface area contributed by atoms with Gasteiger partial charge in [0.05, 0.1) is 6.26 Å². The molecule has 0 saturated carbocycles. The molecule has 0 N–H and O–H groups in total. The first-order valence-corrected chi connectivity index (χ1v) is 6.03. The lowest BCUT2D eigenvalue weighted by molar-refractivity contribution is 0.482. The minimum Gasteiger partial charge on any atom is -0.461 e. The molecular formula is C16H14O2. The zero-order valence-corrected chi connectivity index (χ0v) is 10.2. The standard InChI is InChI=1S/C16H14O2/c1-12(13-6-3-2-4-7-13)14-9-10-16(18-14)15-8-5-11-17-15/h2-12H,1H3. The summed E-state index contributed by atoms with van der Waals surface area (Å²) in [6.45, 7) is 2.14. The van der Waals surface area contributed by atoms with Crippen LogP contribution in [0.5, 0.6) is 0 Å². The van der Waals surface area contributed by atoms with Gasteiger partial charge in [-0.3, -0.25) is 0 Å². The maximum atomic E-state index is 5.85. The van der Waals surface area contributed by atoms with Crippen LogP contribution in [0.25, 0.3) is 11.5 Å². The summed E-state index contributed by atoms with van der Waals surface area (Å²) < 4.78 is 11.2. The van der Waals surface area contributed by atoms with Crippen molar-refractivity contribution in [1.29, 1.82) is 0 Å². The van der Waals surface area contributed by atoms with Gasteiger partial charge in [0.2, 0.25) is 0 Å². The molecule has 1 aromatic carbocycles. The fourth-order valence-corrected chi connectivity index (χ4v) is 2.04. The fraction of sp³-hybridized carbons (Fsp3) is 0.125. The van der Waals surface area contributed by atoms with Gasteiger partial charge in [-0.1, -0.05) is 37.3 Å². The Morgan fingerprint density at radius 3 is 2.39 bits per heavy atom. The van der Waals surface area contributed by atoms with Gasteiger partial charge in [-0.2, -0.15) is 0 Å². The average Bonchev–Trinajstić information content (AvgIpc) is 3.09. The van der Waals surface area contributed by atoms with Crippen LogP contribution in [0.2, 0.25) is 0 Å². The third kappa shape index (κ3) is 1.97. The second-order valence-corrected chi connectivity index (χ2v) is 4.31. The SMILES string of the molecule is CC(c1ccccc1)c1ccc(-c2ccco2)o1. The number of furan rings is 2. The smallest absolute Gasteiger partial charge is 0.169 e. The number of benzene rings is 1. The van der Waals surface area contributed by atoms with Gasteiger partial charge in [-0.25, -0.2) is 0 Å². The molecule has 2 aromatic heterocycles. The molecule has 1 unspecified atom stereocenters. The lowest BCUT2D eigenvalue weighted by atomic mass is 9.99. The Labute approximate surface area is 106 Å². The van der Waals surface area contributed by atoms with E-state index in [1.54, 1.807) is 6.26 Å². The van der Waals surface area contributed by atoms with Crippen LogP contribution < -0.4 is 0 Å². The first-order valence-electron chi connectivity index (χ1n) is 6.03. The van der Waals surface area contributed by atoms with Crippen LogP contribution in [0.4, 0.5) is 0 Å². The van der Waals surface area contributed by atoms with Crippen LogP contribution in [0.15, 0.2) is 69.7 Å². The van der Waals surface area contributed by atoms with Crippen molar-refractivity contribution in [3.8, 4) is 11.5 Å². The highest BCUT2D eigenvalue weighted by molar-refractivity contribution is 5.50. The summed E-state index contributed by atoms with van der Waals surface area (Å²) in [5, 5.41) is 0. The lowest BCUT2D eigenvalue weighted by Gasteiger charge is -2.08. The number of hydrogen-bond acceptors (Lipinski definition) is 2. The molecule has 0 fully saturated rings. The topological polar surface area (TPSA) is 26.3 Å². The number of rotatable bonds is 3. The highest BCUT2D eigenvalue weighted by Gasteiger charge is 2.14. The zero-order chi connectivity index (χ0) is 12.4. The van der Waals surface area contributed by atoms with Crippen molar-refractivity contribution in [2.24, 2.45) is 0 Å². The molecule has 0 spiro atoms. The summed E-state index contributed by atoms with van der Waals surface area (Å²) in [6.07, 6.45) is 1.65. The van der Waals surface area contributed by atoms with E-state index >= 15 is 0 Å². The summed E-state index contributed by atoms with van der Waals surface area (Å²) in [4.78, 5) is 0. The van der Waals surface area contributed by atoms with E-state index < -0.39 is 0 Å². The molecule has 0 saturated heterocycles. The highest BCUT2D eigenvalue weighted by atomic mass is 16.4. The van der Waals surface area contributed by atoms with E-state index in [1.807, 2.05) is 42.5 Å². The van der Waals surface area contributed by atoms with Crippen LogP contribution in [-0.4, -0.2) is 0 Å². The van der Waals surface area contributed by atoms with Gasteiger partial charge in [0.1, 0.15) is 5.76 Å². The van der Waals surface area contributed by atoms with Crippen LogP contribution in [-0.2, 0) is 0 Å². The minimum absolute atomic E-state index is 0.245. The van der Waals surface area contributed by atoms with Crippen molar-refractivity contribution in [2.75, 3.05) is 0 Å². The van der Waals surface area contributed by atoms with Gasteiger partial charge < -0.3 is 8.83 Å². The van der Waals surface area contributed by atoms with Gasteiger partial charge in [-0.05, 0) is 29.8 Å². The van der Waals surface area contributed by atoms with E-state index in [1.165, 1.54) is 5.56 Å². The van der Waals surface area contributed by atoms with E-state index in [0.29, 0.717) is 0 Å². The van der Waals surface area contributed by atoms with Crippen molar-refractivity contribution < 1.29 is 8.83 Å². The van der Waals surface area contributed by atoms with E-state index in [-0.39, 0.29) is 5.92 Å². The minimum atomic E-state index is 0.245. The van der Waals surface area contributed by atoms with Crippen LogP contribution in [0.1, 0.15) is 24.2 Å². The third-order valence-corrected chi connectivity index (χ3v) is 3.12. The van der Waals surface area contributed by atoms with E-state index in [9.17, 15) is 0 Å². The van der Waals surface area contributed by atoms with Crippen molar-refractivity contribution in [1.82, 2.24) is 0 Å². The van der Waals surface area contributed by atoms with Gasteiger partial charge in [0.25, 0.3) is 0 Å². The van der Waals surface area contributed by atoms with E-state index in [0.717, 1.165) is 17.3 Å². The molecule has 90 valence electrons. The Kier molecular flexibility index (Phi) is 2.77. The van der Waals surface area contributed by atoms with Crippen molar-refractivity contribution >= 4 is 0 Å². The van der Waals surface area contributed by atoms with Crippen LogP contribution in [0, 0.1) is 0 Å². The largest absolute Gasteiger partial charge is 0.461 e. The fourth-order valence-electron chi connectivity index (χ4n) is 2.04. The maximum absolute atomic E-state index is 5.85. The van der Waals surface area contributed by atoms with E-state index in [2.05, 4.69) is 19.1 Å². The number of hydrogen-bond donors (Lipinski definition) is 0. The molecule has 3 aromatic rings. The van der Waals surface area contributed by atoms with Crippen LogP contribution in [0.3, 0.4) is 0 Å². The van der Waals surface area contributed by atoms with Crippen molar-refractivity contribution in [2.45, 2.75) is 12.8 Å². The Bertz CT molecular complexity index is 606. The molecule has 2 nitrogen and oxygen atoms in total. The predicted molar refractivity (Wildman–Crippen MR) is 70.4 cm³/mol. The Morgan fingerprint density at radius 1 is 0.833 bits per heavy atom. The Hall–Kier alpha value is -2.22. The van der Waals surface area contributed by atoms with Crippen molar-refractivity contribution in [3.05, 3.63) is 72.2 Å². The van der Waals surface area contributed by atoms with Crippen LogP contribution >= 0.6 is 0 Å². The Morgan fingerprint density at radius 2 is 1.67 bits per heavy atom. The molecule has 0 aliphatic heterocycles. The molecule has 1 atom stereocenters. The zero-order valence-electron chi connectivity index (χ0n) is 10.2. The molecule has 0 aliphatic carbocycles. The molecule has 0 bridgehead atoms. The predicted octanol–water partition coefficient (Wildman–Crippen LogP) is 4.69. The second-order valence-electron chi connectivity index (χ2n) is 4.31. The molecular weight excluding hydrogens is 224 g/mol. The summed E-state index contributed by atoms with van der Waals surface area (Å²) in [7, 11) is 0. The van der Waals surface area contributed by atoms with Gasteiger partial charge in [-0.15, -0.1) is 0 Å². The first kappa shape index (κ1) is 10.9. The average molecular weight is 238 g/mol. The monoisotopic (exact) mass is 238 g/mol. The maximum Gasteiger partial charge on any atom is 0.169 e. The molecule has 0 radical (unpaired) electrons. The molecule has 0 amide bonds. The highest BCUT2D eigenvalue weighted by Crippen LogP contribution is 2.29. The van der Waals surface area contributed by atoms with Gasteiger partial charge in [0, 0.05) is 5.92 Å². The summed E-state index contributed by atoms with van der Waals surface area (Å²) in [5.74, 6) is 2.74.